The summed E-state index contributed by atoms with van der Waals surface area (Å²) in [4.78, 5) is 15.2. The van der Waals surface area contributed by atoms with Gasteiger partial charge in [-0.3, -0.25) is 4.90 Å². The molecule has 0 spiro atoms. The van der Waals surface area contributed by atoms with Gasteiger partial charge in [0, 0.05) is 38.6 Å². The summed E-state index contributed by atoms with van der Waals surface area (Å²) in [5.74, 6) is 3.14. The highest BCUT2D eigenvalue weighted by molar-refractivity contribution is 5.88. The molecule has 2 aromatic carbocycles. The normalized spacial score (nSPS) is 15.7. The third-order valence-electron chi connectivity index (χ3n) is 7.02. The number of para-hydroxylation sites is 1. The number of methoxy groups -OCH3 is 1. The largest absolute Gasteiger partial charge is 0.497 e. The van der Waals surface area contributed by atoms with Crippen molar-refractivity contribution in [2.45, 2.75) is 45.6 Å². The van der Waals surface area contributed by atoms with Gasteiger partial charge < -0.3 is 9.64 Å². The summed E-state index contributed by atoms with van der Waals surface area (Å²) in [7, 11) is 1.72. The maximum atomic E-state index is 5.42. The summed E-state index contributed by atoms with van der Waals surface area (Å²) in [6.45, 7) is 9.31. The van der Waals surface area contributed by atoms with Crippen LogP contribution in [0.15, 0.2) is 60.8 Å². The minimum Gasteiger partial charge on any atom is -0.497 e. The van der Waals surface area contributed by atoms with Gasteiger partial charge in [0.25, 0.3) is 0 Å². The monoisotopic (exact) mass is 484 g/mol. The minimum atomic E-state index is 0.300. The Morgan fingerprint density at radius 3 is 2.64 bits per heavy atom. The van der Waals surface area contributed by atoms with Gasteiger partial charge in [-0.2, -0.15) is 5.10 Å². The standard InChI is InChI=1S/C29H36N6O/c1-4-10-22(2)27-31-28(26-20-30-35(29(26)32-27)24-12-6-5-7-13-24)34-16-9-15-33(17-18-34)21-23-11-8-14-25(19-23)36-3/h5-8,11-14,19-20,22H,4,9-10,15-18,21H2,1-3H3/t22-/m1/s1. The molecular weight excluding hydrogens is 448 g/mol. The Hall–Kier alpha value is -3.45. The smallest absolute Gasteiger partial charge is 0.168 e. The Bertz CT molecular complexity index is 1290. The first kappa shape index (κ1) is 24.3. The van der Waals surface area contributed by atoms with E-state index in [9.17, 15) is 0 Å². The van der Waals surface area contributed by atoms with Gasteiger partial charge in [-0.05, 0) is 42.7 Å². The number of benzene rings is 2. The van der Waals surface area contributed by atoms with Crippen LogP contribution in [-0.4, -0.2) is 57.9 Å². The van der Waals surface area contributed by atoms with Gasteiger partial charge >= 0.3 is 0 Å². The first-order chi connectivity index (χ1) is 17.7. The first-order valence-electron chi connectivity index (χ1n) is 13.1. The lowest BCUT2D eigenvalue weighted by Gasteiger charge is -2.24. The molecule has 0 amide bonds. The van der Waals surface area contributed by atoms with Crippen LogP contribution in [0, 0.1) is 0 Å². The molecule has 188 valence electrons. The van der Waals surface area contributed by atoms with Gasteiger partial charge in [0.1, 0.15) is 17.4 Å². The maximum absolute atomic E-state index is 5.42. The fourth-order valence-corrected chi connectivity index (χ4v) is 5.06. The highest BCUT2D eigenvalue weighted by atomic mass is 16.5. The van der Waals surface area contributed by atoms with Crippen LogP contribution in [-0.2, 0) is 6.54 Å². The Kier molecular flexibility index (Phi) is 7.47. The van der Waals surface area contributed by atoms with Crippen LogP contribution in [0.2, 0.25) is 0 Å². The molecule has 36 heavy (non-hydrogen) atoms. The molecule has 1 aliphatic heterocycles. The summed E-state index contributed by atoms with van der Waals surface area (Å²) in [6, 6.07) is 18.6. The summed E-state index contributed by atoms with van der Waals surface area (Å²) < 4.78 is 7.37. The van der Waals surface area contributed by atoms with Crippen LogP contribution in [0.25, 0.3) is 16.7 Å². The van der Waals surface area contributed by atoms with Crippen LogP contribution in [0.1, 0.15) is 50.4 Å². The predicted octanol–water partition coefficient (Wildman–Crippen LogP) is 5.44. The molecular formula is C29H36N6O. The third kappa shape index (κ3) is 5.21. The molecule has 5 rings (SSSR count). The molecule has 7 heteroatoms. The number of anilines is 1. The van der Waals surface area contributed by atoms with E-state index < -0.39 is 0 Å². The average molecular weight is 485 g/mol. The molecule has 1 saturated heterocycles. The zero-order valence-electron chi connectivity index (χ0n) is 21.6. The maximum Gasteiger partial charge on any atom is 0.168 e. The fourth-order valence-electron chi connectivity index (χ4n) is 5.06. The zero-order chi connectivity index (χ0) is 24.9. The molecule has 2 aromatic heterocycles. The first-order valence-corrected chi connectivity index (χ1v) is 13.1. The van der Waals surface area contributed by atoms with Crippen LogP contribution in [0.5, 0.6) is 5.75 Å². The van der Waals surface area contributed by atoms with Crippen molar-refractivity contribution in [2.24, 2.45) is 0 Å². The van der Waals surface area contributed by atoms with Crippen molar-refractivity contribution in [1.29, 1.82) is 0 Å². The van der Waals surface area contributed by atoms with Crippen molar-refractivity contribution >= 4 is 16.9 Å². The van der Waals surface area contributed by atoms with Gasteiger partial charge in [-0.25, -0.2) is 14.6 Å². The number of hydrogen-bond acceptors (Lipinski definition) is 6. The quantitative estimate of drug-likeness (QED) is 0.332. The lowest BCUT2D eigenvalue weighted by Crippen LogP contribution is -2.31. The SMILES string of the molecule is CCC[C@@H](C)c1nc(N2CCCN(Cc3cccc(OC)c3)CC2)c2cnn(-c3ccccc3)c2n1. The lowest BCUT2D eigenvalue weighted by molar-refractivity contribution is 0.285. The Morgan fingerprint density at radius 2 is 1.83 bits per heavy atom. The average Bonchev–Trinajstić information content (AvgIpc) is 3.21. The summed E-state index contributed by atoms with van der Waals surface area (Å²) >= 11 is 0. The highest BCUT2D eigenvalue weighted by Crippen LogP contribution is 2.30. The Morgan fingerprint density at radius 1 is 0.972 bits per heavy atom. The van der Waals surface area contributed by atoms with Crippen molar-refractivity contribution < 1.29 is 4.74 Å². The van der Waals surface area contributed by atoms with E-state index in [2.05, 4.69) is 54.0 Å². The van der Waals surface area contributed by atoms with Crippen LogP contribution < -0.4 is 9.64 Å². The van der Waals surface area contributed by atoms with Crippen molar-refractivity contribution in [3.8, 4) is 11.4 Å². The van der Waals surface area contributed by atoms with Gasteiger partial charge in [0.15, 0.2) is 5.65 Å². The summed E-state index contributed by atoms with van der Waals surface area (Å²) in [5, 5.41) is 5.76. The molecule has 0 aliphatic carbocycles. The molecule has 1 fully saturated rings. The van der Waals surface area contributed by atoms with E-state index in [0.29, 0.717) is 5.92 Å². The minimum absolute atomic E-state index is 0.300. The van der Waals surface area contributed by atoms with Gasteiger partial charge in [-0.15, -0.1) is 0 Å². The van der Waals surface area contributed by atoms with Crippen molar-refractivity contribution in [1.82, 2.24) is 24.6 Å². The Balaban J connectivity index is 1.44. The molecule has 0 radical (unpaired) electrons. The number of ether oxygens (including phenoxy) is 1. The molecule has 0 bridgehead atoms. The van der Waals surface area contributed by atoms with E-state index in [-0.39, 0.29) is 0 Å². The van der Waals surface area contributed by atoms with Crippen molar-refractivity contribution in [3.63, 3.8) is 0 Å². The summed E-state index contributed by atoms with van der Waals surface area (Å²) in [6.07, 6.45) is 5.20. The second-order valence-electron chi connectivity index (χ2n) is 9.69. The van der Waals surface area contributed by atoms with Crippen molar-refractivity contribution in [2.75, 3.05) is 38.2 Å². The van der Waals surface area contributed by atoms with E-state index in [0.717, 1.165) is 86.1 Å². The van der Waals surface area contributed by atoms with Crippen LogP contribution in [0.3, 0.4) is 0 Å². The molecule has 3 heterocycles. The Labute approximate surface area is 213 Å². The fraction of sp³-hybridized carbons (Fsp3) is 0.414. The van der Waals surface area contributed by atoms with E-state index in [4.69, 9.17) is 19.8 Å². The van der Waals surface area contributed by atoms with Crippen molar-refractivity contribution in [3.05, 3.63) is 72.2 Å². The highest BCUT2D eigenvalue weighted by Gasteiger charge is 2.23. The second-order valence-corrected chi connectivity index (χ2v) is 9.69. The molecule has 1 aliphatic rings. The van der Waals surface area contributed by atoms with E-state index in [1.165, 1.54) is 5.56 Å². The van der Waals surface area contributed by atoms with Gasteiger partial charge in [-0.1, -0.05) is 50.6 Å². The van der Waals surface area contributed by atoms with Crippen LogP contribution in [0.4, 0.5) is 5.82 Å². The van der Waals surface area contributed by atoms with Gasteiger partial charge in [0.05, 0.1) is 24.4 Å². The third-order valence-corrected chi connectivity index (χ3v) is 7.02. The van der Waals surface area contributed by atoms with E-state index in [1.807, 2.05) is 35.1 Å². The molecule has 4 aromatic rings. The molecule has 0 saturated carbocycles. The second kappa shape index (κ2) is 11.1. The number of hydrogen-bond donors (Lipinski definition) is 0. The molecule has 1 atom stereocenters. The van der Waals surface area contributed by atoms with E-state index in [1.54, 1.807) is 7.11 Å². The molecule has 0 unspecified atom stereocenters. The van der Waals surface area contributed by atoms with Crippen LogP contribution >= 0.6 is 0 Å². The lowest BCUT2D eigenvalue weighted by atomic mass is 10.1. The summed E-state index contributed by atoms with van der Waals surface area (Å²) in [5.41, 5.74) is 3.19. The zero-order valence-corrected chi connectivity index (χ0v) is 21.6. The van der Waals surface area contributed by atoms with Gasteiger partial charge in [0.2, 0.25) is 0 Å². The number of aromatic nitrogens is 4. The predicted molar refractivity (Wildman–Crippen MR) is 145 cm³/mol. The number of rotatable bonds is 8. The van der Waals surface area contributed by atoms with E-state index >= 15 is 0 Å². The topological polar surface area (TPSA) is 59.3 Å². The number of fused-ring (bicyclic) bond motifs is 1. The number of nitrogens with zero attached hydrogens (tertiary/aromatic N) is 6. The molecule has 7 nitrogen and oxygen atoms in total. The molecule has 0 N–H and O–H groups in total.